The summed E-state index contributed by atoms with van der Waals surface area (Å²) in [7, 11) is 1.56. The molecular formula is C26H31FN6O4. The maximum atomic E-state index is 14.6. The highest BCUT2D eigenvalue weighted by Crippen LogP contribution is 2.30. The molecule has 37 heavy (non-hydrogen) atoms. The quantitative estimate of drug-likeness (QED) is 0.358. The van der Waals surface area contributed by atoms with Gasteiger partial charge in [0.2, 0.25) is 0 Å². The van der Waals surface area contributed by atoms with Gasteiger partial charge in [0.05, 0.1) is 36.3 Å². The van der Waals surface area contributed by atoms with Gasteiger partial charge in [0.1, 0.15) is 12.3 Å². The van der Waals surface area contributed by atoms with Gasteiger partial charge in [0.15, 0.2) is 11.6 Å². The number of amides is 1. The number of hydrazine groups is 2. The third-order valence-electron chi connectivity index (χ3n) is 6.51. The van der Waals surface area contributed by atoms with Crippen LogP contribution in [0, 0.1) is 11.7 Å². The Hall–Kier alpha value is -3.67. The van der Waals surface area contributed by atoms with Crippen LogP contribution in [0.5, 0.6) is 5.75 Å². The van der Waals surface area contributed by atoms with Crippen molar-refractivity contribution < 1.29 is 23.4 Å². The molecule has 2 aromatic carbocycles. The number of aromatic amines is 1. The number of nitrogens with zero attached hydrogens (tertiary/aromatic N) is 3. The summed E-state index contributed by atoms with van der Waals surface area (Å²) in [6.07, 6.45) is 2.79. The maximum absolute atomic E-state index is 14.6. The van der Waals surface area contributed by atoms with E-state index in [1.54, 1.807) is 18.2 Å². The Morgan fingerprint density at radius 1 is 1.22 bits per heavy atom. The Balaban J connectivity index is 1.26. The number of halogens is 1. The Bertz CT molecular complexity index is 1280. The molecule has 3 heterocycles. The van der Waals surface area contributed by atoms with Crippen molar-refractivity contribution in [3.05, 3.63) is 59.7 Å². The van der Waals surface area contributed by atoms with Crippen molar-refractivity contribution in [2.75, 3.05) is 51.6 Å². The van der Waals surface area contributed by atoms with Gasteiger partial charge < -0.3 is 19.1 Å². The molecular weight excluding hydrogens is 479 g/mol. The number of hydrogen-bond acceptors (Lipinski definition) is 8. The van der Waals surface area contributed by atoms with Crippen molar-refractivity contribution in [1.29, 1.82) is 0 Å². The van der Waals surface area contributed by atoms with Crippen molar-refractivity contribution in [2.45, 2.75) is 13.3 Å². The summed E-state index contributed by atoms with van der Waals surface area (Å²) < 4.78 is 30.5. The highest BCUT2D eigenvalue weighted by atomic mass is 19.1. The number of hydrogen-bond donors (Lipinski definition) is 3. The molecule has 1 unspecified atom stereocenters. The van der Waals surface area contributed by atoms with Crippen LogP contribution < -0.4 is 20.7 Å². The summed E-state index contributed by atoms with van der Waals surface area (Å²) in [5.74, 6) is 0.0937. The number of rotatable bonds is 10. The van der Waals surface area contributed by atoms with Crippen LogP contribution in [0.15, 0.2) is 42.6 Å². The summed E-state index contributed by atoms with van der Waals surface area (Å²) in [6.45, 7) is 5.47. The Morgan fingerprint density at radius 2 is 2.05 bits per heavy atom. The van der Waals surface area contributed by atoms with Gasteiger partial charge in [0.25, 0.3) is 5.91 Å². The summed E-state index contributed by atoms with van der Waals surface area (Å²) in [5, 5.41) is 9.69. The predicted octanol–water partition coefficient (Wildman–Crippen LogP) is 3.05. The van der Waals surface area contributed by atoms with Gasteiger partial charge in [-0.1, -0.05) is 0 Å². The number of carbonyl (C=O) groups excluding carboxylic acids is 1. The van der Waals surface area contributed by atoms with Gasteiger partial charge >= 0.3 is 0 Å². The second-order valence-electron chi connectivity index (χ2n) is 9.00. The number of fused-ring (bicyclic) bond motifs is 1. The van der Waals surface area contributed by atoms with Gasteiger partial charge in [-0.2, -0.15) is 5.10 Å². The molecule has 5 rings (SSSR count). The molecule has 1 fully saturated rings. The van der Waals surface area contributed by atoms with Gasteiger partial charge in [-0.15, -0.1) is 5.53 Å². The van der Waals surface area contributed by atoms with Gasteiger partial charge in [-0.05, 0) is 43.7 Å². The minimum atomic E-state index is -0.475. The van der Waals surface area contributed by atoms with Crippen molar-refractivity contribution in [3.63, 3.8) is 0 Å². The molecule has 0 radical (unpaired) electrons. The largest absolute Gasteiger partial charge is 0.488 e. The topological polar surface area (TPSA) is 104 Å². The van der Waals surface area contributed by atoms with Gasteiger partial charge in [-0.25, -0.2) is 4.39 Å². The second-order valence-corrected chi connectivity index (χ2v) is 9.00. The van der Waals surface area contributed by atoms with Crippen LogP contribution in [0.2, 0.25) is 0 Å². The fourth-order valence-electron chi connectivity index (χ4n) is 4.53. The van der Waals surface area contributed by atoms with Crippen LogP contribution in [0.25, 0.3) is 16.6 Å². The van der Waals surface area contributed by atoms with E-state index in [9.17, 15) is 9.18 Å². The Kier molecular flexibility index (Phi) is 7.54. The third kappa shape index (κ3) is 5.38. The number of likely N-dealkylation sites (tertiary alicyclic amines) is 1. The number of aromatic nitrogens is 2. The minimum Gasteiger partial charge on any atom is -0.488 e. The van der Waals surface area contributed by atoms with Gasteiger partial charge in [-0.3, -0.25) is 20.3 Å². The van der Waals surface area contributed by atoms with Crippen molar-refractivity contribution >= 4 is 28.2 Å². The standard InChI is InChI=1S/C26H31FN6O4/c1-3-36-16-17-8-9-32(14-17)26(34)18-4-6-19(7-5-18)33-15-23(29-31-33)25-20-12-21(27)24(37-11-10-35-2)13-22(20)28-30-25/h4-7,12-13,15,17,29,31H,3,8-11,14,16H2,1-2H3,(H,28,30). The minimum absolute atomic E-state index is 0.0323. The fourth-order valence-corrected chi connectivity index (χ4v) is 4.53. The van der Waals surface area contributed by atoms with Crippen LogP contribution in [-0.2, 0) is 9.47 Å². The molecule has 1 saturated heterocycles. The highest BCUT2D eigenvalue weighted by molar-refractivity contribution is 5.95. The van der Waals surface area contributed by atoms with E-state index in [1.807, 2.05) is 42.3 Å². The van der Waals surface area contributed by atoms with Crippen molar-refractivity contribution in [2.24, 2.45) is 5.92 Å². The fraction of sp³-hybridized carbons (Fsp3) is 0.385. The van der Waals surface area contributed by atoms with Crippen LogP contribution in [0.1, 0.15) is 29.4 Å². The molecule has 2 aliphatic rings. The van der Waals surface area contributed by atoms with Crippen LogP contribution in [0.3, 0.4) is 0 Å². The number of anilines is 1. The van der Waals surface area contributed by atoms with Crippen molar-refractivity contribution in [3.8, 4) is 5.75 Å². The van der Waals surface area contributed by atoms with E-state index in [0.717, 1.165) is 25.2 Å². The molecule has 1 aromatic heterocycles. The molecule has 0 saturated carbocycles. The van der Waals surface area contributed by atoms with E-state index in [-0.39, 0.29) is 18.3 Å². The lowest BCUT2D eigenvalue weighted by Gasteiger charge is -2.18. The first-order valence-corrected chi connectivity index (χ1v) is 12.4. The summed E-state index contributed by atoms with van der Waals surface area (Å²) in [5.41, 5.74) is 9.49. The average molecular weight is 511 g/mol. The van der Waals surface area contributed by atoms with E-state index in [4.69, 9.17) is 14.2 Å². The zero-order valence-corrected chi connectivity index (χ0v) is 20.9. The van der Waals surface area contributed by atoms with Crippen molar-refractivity contribution in [1.82, 2.24) is 26.1 Å². The summed E-state index contributed by atoms with van der Waals surface area (Å²) >= 11 is 0. The molecule has 3 N–H and O–H groups in total. The second kappa shape index (κ2) is 11.2. The Morgan fingerprint density at radius 3 is 2.84 bits per heavy atom. The number of carbonyl (C=O) groups is 1. The monoisotopic (exact) mass is 510 g/mol. The molecule has 10 nitrogen and oxygen atoms in total. The Labute approximate surface area is 214 Å². The van der Waals surface area contributed by atoms with Crippen LogP contribution >= 0.6 is 0 Å². The SMILES string of the molecule is CCOCC1CCN(C(=O)c2ccc(N3C=C(c4n[nH]c5cc(OCCOC)c(F)cc45)NN3)cc2)C1. The molecule has 11 heteroatoms. The lowest BCUT2D eigenvalue weighted by molar-refractivity contribution is 0.0763. The molecule has 1 atom stereocenters. The molecule has 0 bridgehead atoms. The molecule has 0 aliphatic carbocycles. The molecule has 196 valence electrons. The maximum Gasteiger partial charge on any atom is 0.253 e. The molecule has 3 aromatic rings. The third-order valence-corrected chi connectivity index (χ3v) is 6.51. The first kappa shape index (κ1) is 25.0. The molecule has 2 aliphatic heterocycles. The zero-order chi connectivity index (χ0) is 25.8. The van der Waals surface area contributed by atoms with E-state index in [0.29, 0.717) is 53.6 Å². The number of nitrogens with one attached hydrogen (secondary N) is 3. The lowest BCUT2D eigenvalue weighted by atomic mass is 10.1. The molecule has 0 spiro atoms. The van der Waals surface area contributed by atoms with E-state index in [1.165, 1.54) is 6.07 Å². The normalized spacial score (nSPS) is 17.4. The van der Waals surface area contributed by atoms with E-state index in [2.05, 4.69) is 21.2 Å². The highest BCUT2D eigenvalue weighted by Gasteiger charge is 2.27. The number of benzene rings is 2. The molecule has 1 amide bonds. The average Bonchev–Trinajstić information content (AvgIpc) is 3.67. The zero-order valence-electron chi connectivity index (χ0n) is 20.9. The van der Waals surface area contributed by atoms with E-state index >= 15 is 0 Å². The number of ether oxygens (including phenoxy) is 3. The summed E-state index contributed by atoms with van der Waals surface area (Å²) in [6, 6.07) is 10.4. The van der Waals surface area contributed by atoms with E-state index < -0.39 is 5.82 Å². The smallest absolute Gasteiger partial charge is 0.253 e. The summed E-state index contributed by atoms with van der Waals surface area (Å²) in [4.78, 5) is 14.8. The van der Waals surface area contributed by atoms with Crippen LogP contribution in [-0.4, -0.2) is 67.6 Å². The lowest BCUT2D eigenvalue weighted by Crippen LogP contribution is -2.36. The first-order chi connectivity index (χ1) is 18.1. The van der Waals surface area contributed by atoms with Crippen LogP contribution in [0.4, 0.5) is 10.1 Å². The predicted molar refractivity (Wildman–Crippen MR) is 137 cm³/mol. The van der Waals surface area contributed by atoms with Gasteiger partial charge in [0, 0.05) is 49.7 Å². The number of H-pyrrole nitrogens is 1. The number of methoxy groups -OCH3 is 1. The first-order valence-electron chi connectivity index (χ1n) is 12.4.